The van der Waals surface area contributed by atoms with Crippen LogP contribution in [0.25, 0.3) is 16.5 Å². The number of benzene rings is 3. The predicted molar refractivity (Wildman–Crippen MR) is 157 cm³/mol. The third-order valence-electron chi connectivity index (χ3n) is 7.25. The number of carbonyl (C=O) groups excluding carboxylic acids is 1. The summed E-state index contributed by atoms with van der Waals surface area (Å²) in [6, 6.07) is 21.5. The van der Waals surface area contributed by atoms with Crippen LogP contribution in [0.3, 0.4) is 0 Å². The van der Waals surface area contributed by atoms with Gasteiger partial charge in [-0.15, -0.1) is 0 Å². The first-order valence-electron chi connectivity index (χ1n) is 13.8. The number of fused-ring (bicyclic) bond motifs is 1. The van der Waals surface area contributed by atoms with Crippen LogP contribution >= 0.6 is 0 Å². The van der Waals surface area contributed by atoms with Crippen molar-refractivity contribution in [2.45, 2.75) is 52.4 Å². The van der Waals surface area contributed by atoms with E-state index in [-0.39, 0.29) is 11.4 Å². The van der Waals surface area contributed by atoms with Crippen molar-refractivity contribution in [1.29, 1.82) is 0 Å². The van der Waals surface area contributed by atoms with Crippen molar-refractivity contribution in [3.63, 3.8) is 0 Å². The molecule has 0 spiro atoms. The Kier molecular flexibility index (Phi) is 7.89. The number of hydrogen-bond donors (Lipinski definition) is 2. The summed E-state index contributed by atoms with van der Waals surface area (Å²) >= 11 is 0. The second-order valence-corrected chi connectivity index (χ2v) is 11.3. The fourth-order valence-corrected chi connectivity index (χ4v) is 4.87. The molecule has 1 saturated heterocycles. The van der Waals surface area contributed by atoms with Crippen LogP contribution in [-0.2, 0) is 10.2 Å². The highest BCUT2D eigenvalue weighted by Gasteiger charge is 2.22. The molecule has 2 amide bonds. The minimum Gasteiger partial charge on any atom is -0.493 e. The minimum absolute atomic E-state index is 0.167. The Morgan fingerprint density at radius 2 is 1.72 bits per heavy atom. The lowest BCUT2D eigenvalue weighted by Crippen LogP contribution is -2.21. The molecule has 2 heterocycles. The van der Waals surface area contributed by atoms with E-state index in [1.54, 1.807) is 4.68 Å². The summed E-state index contributed by atoms with van der Waals surface area (Å²) in [7, 11) is 0. The minimum atomic E-state index is -0.331. The van der Waals surface area contributed by atoms with E-state index in [1.807, 2.05) is 73.7 Å². The highest BCUT2D eigenvalue weighted by atomic mass is 16.5. The van der Waals surface area contributed by atoms with E-state index in [1.165, 1.54) is 0 Å². The Bertz CT molecular complexity index is 1430. The van der Waals surface area contributed by atoms with Gasteiger partial charge in [-0.1, -0.05) is 62.7 Å². The lowest BCUT2D eigenvalue weighted by atomic mass is 9.92. The average molecular weight is 527 g/mol. The molecule has 7 nitrogen and oxygen atoms in total. The van der Waals surface area contributed by atoms with Gasteiger partial charge in [-0.3, -0.25) is 5.32 Å². The summed E-state index contributed by atoms with van der Waals surface area (Å²) in [5.41, 5.74) is 3.50. The number of ether oxygens (including phenoxy) is 2. The van der Waals surface area contributed by atoms with Crippen LogP contribution < -0.4 is 15.4 Å². The van der Waals surface area contributed by atoms with Gasteiger partial charge in [0.25, 0.3) is 0 Å². The highest BCUT2D eigenvalue weighted by Crippen LogP contribution is 2.33. The Hall–Kier alpha value is -3.84. The highest BCUT2D eigenvalue weighted by molar-refractivity contribution is 6.07. The van der Waals surface area contributed by atoms with Crippen molar-refractivity contribution >= 4 is 28.3 Å². The molecule has 1 aliphatic rings. The van der Waals surface area contributed by atoms with Gasteiger partial charge in [-0.05, 0) is 56.4 Å². The zero-order chi connectivity index (χ0) is 27.4. The number of hydrogen-bond acceptors (Lipinski definition) is 4. The normalized spacial score (nSPS) is 14.4. The zero-order valence-corrected chi connectivity index (χ0v) is 23.3. The van der Waals surface area contributed by atoms with Gasteiger partial charge >= 0.3 is 6.03 Å². The fraction of sp³-hybridized carbons (Fsp3) is 0.375. The van der Waals surface area contributed by atoms with E-state index in [9.17, 15) is 4.79 Å². The first kappa shape index (κ1) is 26.8. The van der Waals surface area contributed by atoms with E-state index in [0.29, 0.717) is 18.3 Å². The molecule has 7 heteroatoms. The Morgan fingerprint density at radius 1 is 1.00 bits per heavy atom. The maximum absolute atomic E-state index is 13.2. The largest absolute Gasteiger partial charge is 0.493 e. The van der Waals surface area contributed by atoms with Crippen molar-refractivity contribution in [1.82, 2.24) is 9.78 Å². The fourth-order valence-electron chi connectivity index (χ4n) is 4.87. The molecular formula is C32H38N4O3. The summed E-state index contributed by atoms with van der Waals surface area (Å²) in [6.45, 7) is 10.7. The van der Waals surface area contributed by atoms with Crippen LogP contribution in [0, 0.1) is 12.8 Å². The van der Waals surface area contributed by atoms with Gasteiger partial charge in [0.15, 0.2) is 0 Å². The van der Waals surface area contributed by atoms with Crippen LogP contribution in [0.2, 0.25) is 0 Å². The lowest BCUT2D eigenvalue weighted by Gasteiger charge is -2.22. The number of anilines is 2. The lowest BCUT2D eigenvalue weighted by molar-refractivity contribution is 0.0594. The molecule has 0 atom stereocenters. The van der Waals surface area contributed by atoms with E-state index in [0.717, 1.165) is 71.6 Å². The van der Waals surface area contributed by atoms with Gasteiger partial charge in [-0.25, -0.2) is 9.48 Å². The molecule has 2 N–H and O–H groups in total. The molecule has 1 aliphatic heterocycles. The van der Waals surface area contributed by atoms with E-state index >= 15 is 0 Å². The van der Waals surface area contributed by atoms with Crippen molar-refractivity contribution in [3.8, 4) is 11.4 Å². The average Bonchev–Trinajstić information content (AvgIpc) is 3.35. The number of nitrogens with zero attached hydrogens (tertiary/aromatic N) is 2. The van der Waals surface area contributed by atoms with E-state index in [2.05, 4.69) is 31.4 Å². The van der Waals surface area contributed by atoms with Crippen molar-refractivity contribution in [3.05, 3.63) is 78.0 Å². The van der Waals surface area contributed by atoms with Crippen molar-refractivity contribution in [2.75, 3.05) is 30.5 Å². The molecule has 0 bridgehead atoms. The van der Waals surface area contributed by atoms with E-state index in [4.69, 9.17) is 14.6 Å². The number of rotatable bonds is 7. The number of amides is 2. The van der Waals surface area contributed by atoms with Crippen molar-refractivity contribution in [2.24, 2.45) is 5.92 Å². The number of aryl methyl sites for hydroxylation is 1. The molecular weight excluding hydrogens is 488 g/mol. The molecule has 1 fully saturated rings. The van der Waals surface area contributed by atoms with Crippen molar-refractivity contribution < 1.29 is 14.3 Å². The summed E-state index contributed by atoms with van der Waals surface area (Å²) in [6.07, 6.45) is 3.22. The second-order valence-electron chi connectivity index (χ2n) is 11.3. The van der Waals surface area contributed by atoms with Crippen LogP contribution in [0.15, 0.2) is 66.7 Å². The molecule has 0 aliphatic carbocycles. The summed E-state index contributed by atoms with van der Waals surface area (Å²) in [5, 5.41) is 12.8. The first-order valence-corrected chi connectivity index (χ1v) is 13.8. The maximum Gasteiger partial charge on any atom is 0.324 e. The Labute approximate surface area is 230 Å². The quantitative estimate of drug-likeness (QED) is 0.262. The van der Waals surface area contributed by atoms with Gasteiger partial charge in [0.2, 0.25) is 0 Å². The topological polar surface area (TPSA) is 77.4 Å². The van der Waals surface area contributed by atoms with Crippen LogP contribution in [0.1, 0.15) is 51.3 Å². The van der Waals surface area contributed by atoms with Gasteiger partial charge < -0.3 is 14.8 Å². The Morgan fingerprint density at radius 3 is 2.44 bits per heavy atom. The van der Waals surface area contributed by atoms with Crippen LogP contribution in [0.4, 0.5) is 16.3 Å². The monoisotopic (exact) mass is 526 g/mol. The number of aromatic nitrogens is 2. The summed E-state index contributed by atoms with van der Waals surface area (Å²) in [5.74, 6) is 2.09. The maximum atomic E-state index is 13.2. The summed E-state index contributed by atoms with van der Waals surface area (Å²) < 4.78 is 13.5. The molecule has 0 unspecified atom stereocenters. The predicted octanol–water partition coefficient (Wildman–Crippen LogP) is 7.47. The molecule has 3 aromatic carbocycles. The summed E-state index contributed by atoms with van der Waals surface area (Å²) in [4.78, 5) is 13.2. The van der Waals surface area contributed by atoms with E-state index < -0.39 is 0 Å². The molecule has 204 valence electrons. The number of urea groups is 1. The third kappa shape index (κ3) is 6.42. The molecule has 1 aromatic heterocycles. The smallest absolute Gasteiger partial charge is 0.324 e. The third-order valence-corrected chi connectivity index (χ3v) is 7.25. The van der Waals surface area contributed by atoms with Gasteiger partial charge in [0.1, 0.15) is 11.6 Å². The molecule has 0 radical (unpaired) electrons. The standard InChI is InChI=1S/C32H38N4O3/c1-22-9-11-24(12-10-22)36-30(21-29(35-36)32(2,3)4)34-31(37)33-27-13-14-28(26-8-6-5-7-25(26)27)39-20-17-23-15-18-38-19-16-23/h5-14,21,23H,15-20H2,1-4H3,(H2,33,34,37). The van der Waals surface area contributed by atoms with Crippen LogP contribution in [0.5, 0.6) is 5.75 Å². The van der Waals surface area contributed by atoms with Gasteiger partial charge in [-0.2, -0.15) is 5.10 Å². The molecule has 39 heavy (non-hydrogen) atoms. The second kappa shape index (κ2) is 11.5. The number of carbonyl (C=O) groups is 1. The molecule has 0 saturated carbocycles. The van der Waals surface area contributed by atoms with Crippen LogP contribution in [-0.4, -0.2) is 35.6 Å². The SMILES string of the molecule is Cc1ccc(-n2nc(C(C)(C)C)cc2NC(=O)Nc2ccc(OCCC3CCOCC3)c3ccccc23)cc1. The van der Waals surface area contributed by atoms with Gasteiger partial charge in [0, 0.05) is 35.5 Å². The molecule has 4 aromatic rings. The van der Waals surface area contributed by atoms with Gasteiger partial charge in [0.05, 0.1) is 23.7 Å². The molecule has 5 rings (SSSR count). The zero-order valence-electron chi connectivity index (χ0n) is 23.3. The number of nitrogens with one attached hydrogen (secondary N) is 2. The Balaban J connectivity index is 1.33. The first-order chi connectivity index (χ1) is 18.8.